The summed E-state index contributed by atoms with van der Waals surface area (Å²) in [4.78, 5) is 67.8. The number of hydrogen-bond acceptors (Lipinski definition) is 10. The van der Waals surface area contributed by atoms with Crippen molar-refractivity contribution in [3.05, 3.63) is 278 Å². The molecule has 0 bridgehead atoms. The number of carbonyl (C=O) groups is 5. The molecule has 5 aliphatic rings. The van der Waals surface area contributed by atoms with Gasteiger partial charge in [0, 0.05) is 62.8 Å². The summed E-state index contributed by atoms with van der Waals surface area (Å²) in [5.74, 6) is -1.24. The Labute approximate surface area is 696 Å². The van der Waals surface area contributed by atoms with Gasteiger partial charge in [-0.3, -0.25) is 24.1 Å². The lowest BCUT2D eigenvalue weighted by Gasteiger charge is -2.29. The van der Waals surface area contributed by atoms with Crippen molar-refractivity contribution in [3.8, 4) is 17.1 Å². The van der Waals surface area contributed by atoms with Gasteiger partial charge in [-0.2, -0.15) is 15.3 Å². The van der Waals surface area contributed by atoms with E-state index >= 15 is 0 Å². The molecular weight excluding hydrogens is 1590 g/mol. The Morgan fingerprint density at radius 1 is 0.470 bits per heavy atom. The fourth-order valence-corrected chi connectivity index (χ4v) is 17.3. The summed E-state index contributed by atoms with van der Waals surface area (Å²) in [5, 5.41) is 29.8. The lowest BCUT2D eigenvalue weighted by molar-refractivity contribution is -0.120. The highest BCUT2D eigenvalue weighted by atomic mass is 35.5. The molecule has 4 atom stereocenters. The number of rotatable bonds is 16. The number of aromatic nitrogens is 6. The quantitative estimate of drug-likeness (QED) is 0.0722. The molecule has 4 amide bonds. The molecule has 4 N–H and O–H groups in total. The Balaban J connectivity index is 0.000000150. The number of ketones is 1. The average Bonchev–Trinajstić information content (AvgIpc) is 1.60. The molecule has 2 fully saturated rings. The minimum atomic E-state index is -0.533. The fraction of sp³-hybridized carbons (Fsp3) is 0.303. The van der Waals surface area contributed by atoms with Crippen molar-refractivity contribution >= 4 is 134 Å². The first kappa shape index (κ1) is 83.2. The van der Waals surface area contributed by atoms with E-state index in [4.69, 9.17) is 89.6 Å². The van der Waals surface area contributed by atoms with E-state index in [-0.39, 0.29) is 83.8 Å². The van der Waals surface area contributed by atoms with Gasteiger partial charge in [0.25, 0.3) is 17.7 Å². The number of methoxy groups -OCH3 is 1. The van der Waals surface area contributed by atoms with Gasteiger partial charge in [0.15, 0.2) is 17.1 Å². The second-order valence-electron chi connectivity index (χ2n) is 29.8. The minimum Gasteiger partial charge on any atom is -0.453 e. The number of allylic oxidation sites excluding steroid dienone is 1. The molecule has 2 aliphatic heterocycles. The topological polar surface area (TPSA) is 199 Å². The van der Waals surface area contributed by atoms with Crippen LogP contribution in [0.1, 0.15) is 192 Å². The SMILES string of the molecule is CC(=O)C1C/C(=C\c2ccc(F)cc2)c2c(c(C(=O)N[C@H](C)C3CCCCC3)nn2-c2ccc(Cl)cc2Cl)C1.COC(=O)N1C/C(=C\c2ccc(F)cc2)c2c(c(C(=O)N[C@H](C)C3CCCCC3)nn2-c2ccc(Cl)cc2Cl)C1.C[C@@H](NC(=O)c1nn(-c2ccc(Cl)cc2Cl)c2c1CNC/C2=C\c1ccc(F)cc1)c1ccccc1. The van der Waals surface area contributed by atoms with Gasteiger partial charge in [-0.15, -0.1) is 0 Å². The van der Waals surface area contributed by atoms with Crippen LogP contribution in [0.5, 0.6) is 0 Å². The van der Waals surface area contributed by atoms with E-state index in [1.54, 1.807) is 112 Å². The predicted molar refractivity (Wildman–Crippen MR) is 450 cm³/mol. The van der Waals surface area contributed by atoms with Crippen molar-refractivity contribution in [2.45, 2.75) is 136 Å². The smallest absolute Gasteiger partial charge is 0.410 e. The van der Waals surface area contributed by atoms with Crippen LogP contribution in [0.3, 0.4) is 0 Å². The monoisotopic (exact) mass is 1670 g/mol. The highest BCUT2D eigenvalue weighted by Crippen LogP contribution is 2.43. The molecule has 0 radical (unpaired) electrons. The molecule has 0 spiro atoms. The molecule has 3 aliphatic carbocycles. The molecule has 15 rings (SSSR count). The van der Waals surface area contributed by atoms with Crippen LogP contribution in [0.15, 0.2) is 158 Å². The zero-order valence-corrected chi connectivity index (χ0v) is 68.5. The van der Waals surface area contributed by atoms with E-state index in [0.29, 0.717) is 119 Å². The summed E-state index contributed by atoms with van der Waals surface area (Å²) in [6.45, 7) is 8.93. The Kier molecular flexibility index (Phi) is 27.1. The maximum atomic E-state index is 13.8. The number of carbonyl (C=O) groups excluding carboxylic acids is 5. The van der Waals surface area contributed by atoms with Crippen molar-refractivity contribution in [2.75, 3.05) is 20.2 Å². The molecule has 596 valence electrons. The molecule has 3 aromatic heterocycles. The van der Waals surface area contributed by atoms with Crippen LogP contribution in [-0.4, -0.2) is 96.1 Å². The Morgan fingerprint density at radius 2 is 0.870 bits per heavy atom. The number of halogens is 9. The largest absolute Gasteiger partial charge is 0.453 e. The third-order valence-electron chi connectivity index (χ3n) is 21.9. The van der Waals surface area contributed by atoms with E-state index in [1.165, 1.54) is 74.1 Å². The van der Waals surface area contributed by atoms with Crippen molar-refractivity contribution in [1.82, 2.24) is 55.5 Å². The minimum absolute atomic E-state index is 0.0131. The van der Waals surface area contributed by atoms with Gasteiger partial charge in [0.05, 0.1) is 75.5 Å². The molecule has 5 heterocycles. The highest BCUT2D eigenvalue weighted by Gasteiger charge is 2.39. The molecule has 2 saturated carbocycles. The van der Waals surface area contributed by atoms with Crippen molar-refractivity contribution in [2.24, 2.45) is 17.8 Å². The van der Waals surface area contributed by atoms with Gasteiger partial charge >= 0.3 is 6.09 Å². The van der Waals surface area contributed by atoms with E-state index in [0.717, 1.165) is 88.9 Å². The van der Waals surface area contributed by atoms with Gasteiger partial charge in [0.1, 0.15) is 23.2 Å². The molecule has 7 aromatic carbocycles. The summed E-state index contributed by atoms with van der Waals surface area (Å²) in [6.07, 6.45) is 17.6. The lowest BCUT2D eigenvalue weighted by Crippen LogP contribution is -2.40. The number of hydrogen-bond donors (Lipinski definition) is 4. The van der Waals surface area contributed by atoms with Gasteiger partial charge in [-0.05, 0) is 226 Å². The molecule has 10 aromatic rings. The number of Topliss-reactive ketones (excluding diaryl/α,β-unsaturated/α-hetero) is 1. The Bertz CT molecular complexity index is 5370. The number of fused-ring (bicyclic) bond motifs is 3. The van der Waals surface area contributed by atoms with Crippen molar-refractivity contribution in [1.29, 1.82) is 0 Å². The Morgan fingerprint density at radius 3 is 1.30 bits per heavy atom. The first-order valence-corrected chi connectivity index (χ1v) is 40.8. The molecule has 26 heteroatoms. The molecule has 115 heavy (non-hydrogen) atoms. The van der Waals surface area contributed by atoms with Crippen LogP contribution < -0.4 is 21.3 Å². The van der Waals surface area contributed by atoms with Gasteiger partial charge in [-0.25, -0.2) is 32.0 Å². The average molecular weight is 1680 g/mol. The van der Waals surface area contributed by atoms with E-state index in [2.05, 4.69) is 28.2 Å². The molecule has 1 unspecified atom stereocenters. The summed E-state index contributed by atoms with van der Waals surface area (Å²) in [6, 6.07) is 43.4. The third-order valence-corrected chi connectivity index (χ3v) is 23.5. The van der Waals surface area contributed by atoms with Crippen LogP contribution in [0, 0.1) is 35.2 Å². The highest BCUT2D eigenvalue weighted by molar-refractivity contribution is 6.37. The zero-order chi connectivity index (χ0) is 81.3. The van der Waals surface area contributed by atoms with Crippen LogP contribution in [0.2, 0.25) is 30.1 Å². The fourth-order valence-electron chi connectivity index (χ4n) is 15.8. The number of nitrogens with zero attached hydrogens (tertiary/aromatic N) is 7. The molecule has 17 nitrogen and oxygen atoms in total. The van der Waals surface area contributed by atoms with E-state index < -0.39 is 6.09 Å². The molecule has 0 saturated heterocycles. The number of ether oxygens (including phenoxy) is 1. The van der Waals surface area contributed by atoms with Crippen molar-refractivity contribution in [3.63, 3.8) is 0 Å². The van der Waals surface area contributed by atoms with E-state index in [9.17, 15) is 37.1 Å². The summed E-state index contributed by atoms with van der Waals surface area (Å²) >= 11 is 38.3. The first-order chi connectivity index (χ1) is 55.4. The lowest BCUT2D eigenvalue weighted by atomic mass is 9.80. The number of nitrogens with one attached hydrogen (secondary N) is 4. The van der Waals surface area contributed by atoms with E-state index in [1.807, 2.05) is 62.4 Å². The van der Waals surface area contributed by atoms with Crippen LogP contribution >= 0.6 is 69.6 Å². The maximum absolute atomic E-state index is 13.8. The zero-order valence-electron chi connectivity index (χ0n) is 64.0. The molecular formula is C89H86Cl6F3N11O6. The maximum Gasteiger partial charge on any atom is 0.410 e. The van der Waals surface area contributed by atoms with Gasteiger partial charge < -0.3 is 26.0 Å². The van der Waals surface area contributed by atoms with Gasteiger partial charge in [-0.1, -0.05) is 175 Å². The summed E-state index contributed by atoms with van der Waals surface area (Å²) in [5.41, 5.74) is 12.5. The van der Waals surface area contributed by atoms with Crippen molar-refractivity contribution < 1.29 is 41.9 Å². The van der Waals surface area contributed by atoms with Crippen LogP contribution in [0.25, 0.3) is 52.0 Å². The second kappa shape index (κ2) is 37.4. The predicted octanol–water partition coefficient (Wildman–Crippen LogP) is 21.3. The van der Waals surface area contributed by atoms with Crippen LogP contribution in [-0.2, 0) is 29.0 Å². The second-order valence-corrected chi connectivity index (χ2v) is 32.3. The first-order valence-electron chi connectivity index (χ1n) is 38.5. The number of amides is 4. The Hall–Kier alpha value is -9.77. The number of benzene rings is 7. The standard InChI is InChI=1S/C31H32Cl2FN3O2.C30H31Cl2FN4O3.C28H23Cl2FN4O/c1-18(21-6-4-3-5-7-21)35-31(39)29-26-16-22(19(2)38)15-23(14-20-8-11-25(34)12-9-20)30(26)37(36-29)28-13-10-24(32)17-27(28)33;1-18(20-6-4-3-5-7-20)34-29(38)27-24-17-36(30(39)40-2)16-21(14-19-8-11-23(33)12-9-19)28(24)37(35-27)26-13-10-22(31)15-25(26)32;1-17(19-5-3-2-4-6-19)33-28(36)26-23-16-32-15-20(13-18-7-10-22(31)11-8-18)27(23)35(34-26)25-12-9-21(29)14-24(25)30/h8-14,17-18,21-22H,3-7,15-16H2,1-2H3,(H,35,39);8-15,18,20H,3-7,16-17H2,1-2H3,(H,34,38);2-14,17,32H,15-16H2,1H3,(H,33,36)/b23-14+;21-14+;20-13+/t18-,22?;18-;17-/m111/s1. The van der Waals surface area contributed by atoms with Gasteiger partial charge in [0.2, 0.25) is 0 Å². The van der Waals surface area contributed by atoms with Crippen LogP contribution in [0.4, 0.5) is 18.0 Å². The normalized spacial score (nSPS) is 17.4. The summed E-state index contributed by atoms with van der Waals surface area (Å²) in [7, 11) is 1.32. The summed E-state index contributed by atoms with van der Waals surface area (Å²) < 4.78 is 50.8. The third kappa shape index (κ3) is 19.7.